The molecule has 0 saturated heterocycles. The number of rotatable bonds is 4. The molecule has 0 aliphatic carbocycles. The van der Waals surface area contributed by atoms with Crippen LogP contribution in [0.5, 0.6) is 0 Å². The molecule has 2 rings (SSSR count). The van der Waals surface area contributed by atoms with Gasteiger partial charge in [0, 0.05) is 30.7 Å². The van der Waals surface area contributed by atoms with Crippen LogP contribution in [0.2, 0.25) is 0 Å². The quantitative estimate of drug-likeness (QED) is 0.613. The smallest absolute Gasteiger partial charge is 0.0948 e. The third-order valence-electron chi connectivity index (χ3n) is 2.46. The first-order valence-corrected chi connectivity index (χ1v) is 5.92. The third-order valence-corrected chi connectivity index (χ3v) is 3.45. The molecule has 3 N–H and O–H groups in total. The minimum atomic E-state index is 0.0537. The Hall–Kier alpha value is -1.24. The molecule has 1 unspecified atom stereocenters. The van der Waals surface area contributed by atoms with E-state index in [-0.39, 0.29) is 6.04 Å². The predicted octanol–water partition coefficient (Wildman–Crippen LogP) is 0.932. The molecule has 1 atom stereocenters. The average Bonchev–Trinajstić information content (AvgIpc) is 2.84. The third kappa shape index (κ3) is 2.29. The molecular formula is C10H15N5S. The number of aryl methyl sites for hydroxylation is 2. The summed E-state index contributed by atoms with van der Waals surface area (Å²) in [6.45, 7) is 1.99. The monoisotopic (exact) mass is 237 g/mol. The van der Waals surface area contributed by atoms with Crippen LogP contribution >= 0.6 is 11.3 Å². The maximum Gasteiger partial charge on any atom is 0.0948 e. The van der Waals surface area contributed by atoms with Crippen LogP contribution in [0.15, 0.2) is 17.9 Å². The maximum absolute atomic E-state index is 5.57. The number of thiazole rings is 1. The zero-order valence-corrected chi connectivity index (χ0v) is 10.2. The second-order valence-corrected chi connectivity index (χ2v) is 4.68. The van der Waals surface area contributed by atoms with E-state index in [2.05, 4.69) is 15.4 Å². The fourth-order valence-electron chi connectivity index (χ4n) is 1.62. The van der Waals surface area contributed by atoms with Gasteiger partial charge in [0.25, 0.3) is 0 Å². The summed E-state index contributed by atoms with van der Waals surface area (Å²) in [6.07, 6.45) is 4.38. The summed E-state index contributed by atoms with van der Waals surface area (Å²) in [5, 5.41) is 3.13. The maximum atomic E-state index is 5.57. The fourth-order valence-corrected chi connectivity index (χ4v) is 2.44. The van der Waals surface area contributed by atoms with Gasteiger partial charge in [-0.05, 0) is 6.92 Å². The molecule has 0 aliphatic rings. The van der Waals surface area contributed by atoms with Gasteiger partial charge in [-0.1, -0.05) is 0 Å². The Morgan fingerprint density at radius 2 is 2.44 bits per heavy atom. The second-order valence-electron chi connectivity index (χ2n) is 3.74. The van der Waals surface area contributed by atoms with Gasteiger partial charge in [-0.3, -0.25) is 11.3 Å². The van der Waals surface area contributed by atoms with Crippen molar-refractivity contribution in [3.8, 4) is 0 Å². The Balaban J connectivity index is 2.15. The van der Waals surface area contributed by atoms with E-state index in [1.165, 1.54) is 0 Å². The van der Waals surface area contributed by atoms with Crippen molar-refractivity contribution in [3.05, 3.63) is 34.3 Å². The number of imidazole rings is 1. The van der Waals surface area contributed by atoms with Crippen LogP contribution in [0.25, 0.3) is 0 Å². The number of hydrazine groups is 1. The van der Waals surface area contributed by atoms with Crippen molar-refractivity contribution < 1.29 is 0 Å². The number of hydrogen-bond acceptors (Lipinski definition) is 5. The summed E-state index contributed by atoms with van der Waals surface area (Å²) in [4.78, 5) is 8.52. The Bertz CT molecular complexity index is 461. The Kier molecular flexibility index (Phi) is 3.33. The van der Waals surface area contributed by atoms with Crippen LogP contribution in [-0.2, 0) is 13.5 Å². The lowest BCUT2D eigenvalue weighted by atomic mass is 10.1. The minimum absolute atomic E-state index is 0.0537. The van der Waals surface area contributed by atoms with Crippen molar-refractivity contribution in [2.45, 2.75) is 19.4 Å². The summed E-state index contributed by atoms with van der Waals surface area (Å²) in [5.41, 5.74) is 4.93. The van der Waals surface area contributed by atoms with Crippen LogP contribution in [-0.4, -0.2) is 14.5 Å². The van der Waals surface area contributed by atoms with Gasteiger partial charge in [-0.2, -0.15) is 0 Å². The van der Waals surface area contributed by atoms with Crippen LogP contribution in [0.4, 0.5) is 0 Å². The molecule has 0 bridgehead atoms. The number of nitrogens with one attached hydrogen (secondary N) is 1. The molecule has 16 heavy (non-hydrogen) atoms. The van der Waals surface area contributed by atoms with E-state index >= 15 is 0 Å². The lowest BCUT2D eigenvalue weighted by Crippen LogP contribution is -2.30. The highest BCUT2D eigenvalue weighted by Gasteiger charge is 2.15. The number of hydrogen-bond donors (Lipinski definition) is 2. The van der Waals surface area contributed by atoms with Gasteiger partial charge in [-0.15, -0.1) is 11.3 Å². The van der Waals surface area contributed by atoms with Crippen LogP contribution in [0, 0.1) is 6.92 Å². The van der Waals surface area contributed by atoms with Crippen molar-refractivity contribution in [3.63, 3.8) is 0 Å². The Morgan fingerprint density at radius 3 is 2.94 bits per heavy atom. The lowest BCUT2D eigenvalue weighted by molar-refractivity contribution is 0.520. The minimum Gasteiger partial charge on any atom is -0.336 e. The van der Waals surface area contributed by atoms with Gasteiger partial charge in [0.1, 0.15) is 0 Å². The van der Waals surface area contributed by atoms with Crippen molar-refractivity contribution in [2.75, 3.05) is 0 Å². The highest BCUT2D eigenvalue weighted by Crippen LogP contribution is 2.19. The van der Waals surface area contributed by atoms with Gasteiger partial charge < -0.3 is 4.57 Å². The van der Waals surface area contributed by atoms with Crippen LogP contribution in [0.1, 0.15) is 22.4 Å². The molecule has 0 radical (unpaired) electrons. The first kappa shape index (κ1) is 11.3. The highest BCUT2D eigenvalue weighted by atomic mass is 32.1. The molecule has 0 spiro atoms. The normalized spacial score (nSPS) is 12.9. The largest absolute Gasteiger partial charge is 0.336 e. The van der Waals surface area contributed by atoms with Gasteiger partial charge in [-0.25, -0.2) is 9.97 Å². The van der Waals surface area contributed by atoms with E-state index in [0.717, 1.165) is 22.8 Å². The summed E-state index contributed by atoms with van der Waals surface area (Å²) < 4.78 is 1.96. The lowest BCUT2D eigenvalue weighted by Gasteiger charge is -2.14. The van der Waals surface area contributed by atoms with Gasteiger partial charge in [0.05, 0.1) is 23.1 Å². The molecule has 2 aromatic heterocycles. The first-order chi connectivity index (χ1) is 7.70. The van der Waals surface area contributed by atoms with Crippen molar-refractivity contribution in [1.82, 2.24) is 20.0 Å². The zero-order valence-electron chi connectivity index (χ0n) is 9.34. The number of nitrogens with two attached hydrogens (primary N) is 1. The average molecular weight is 237 g/mol. The van der Waals surface area contributed by atoms with E-state index in [4.69, 9.17) is 5.84 Å². The topological polar surface area (TPSA) is 68.8 Å². The molecule has 0 aromatic carbocycles. The molecule has 0 amide bonds. The van der Waals surface area contributed by atoms with E-state index < -0.39 is 0 Å². The zero-order chi connectivity index (χ0) is 11.5. The molecule has 6 heteroatoms. The highest BCUT2D eigenvalue weighted by molar-refractivity contribution is 7.09. The molecule has 2 heterocycles. The molecule has 0 saturated carbocycles. The molecule has 0 fully saturated rings. The molecule has 0 aliphatic heterocycles. The summed E-state index contributed by atoms with van der Waals surface area (Å²) in [5.74, 6) is 5.57. The van der Waals surface area contributed by atoms with Crippen LogP contribution in [0.3, 0.4) is 0 Å². The first-order valence-electron chi connectivity index (χ1n) is 5.04. The fraction of sp³-hybridized carbons (Fsp3) is 0.400. The number of aromatic nitrogens is 3. The van der Waals surface area contributed by atoms with Crippen molar-refractivity contribution in [1.29, 1.82) is 0 Å². The van der Waals surface area contributed by atoms with Crippen molar-refractivity contribution >= 4 is 11.3 Å². The summed E-state index contributed by atoms with van der Waals surface area (Å²) in [6, 6.07) is 0.0537. The van der Waals surface area contributed by atoms with Gasteiger partial charge in [0.15, 0.2) is 0 Å². The Morgan fingerprint density at radius 1 is 1.62 bits per heavy atom. The molecular weight excluding hydrogens is 222 g/mol. The summed E-state index contributed by atoms with van der Waals surface area (Å²) in [7, 11) is 1.96. The van der Waals surface area contributed by atoms with Gasteiger partial charge in [0.2, 0.25) is 0 Å². The Labute approximate surface area is 98.3 Å². The molecule has 2 aromatic rings. The SMILES string of the molecule is Cc1csc(CC(NN)c2cncn2C)n1. The van der Waals surface area contributed by atoms with Crippen molar-refractivity contribution in [2.24, 2.45) is 12.9 Å². The standard InChI is InChI=1S/C10H15N5S/c1-7-5-16-10(13-7)3-8(14-11)9-4-12-6-15(9)2/h4-6,8,14H,3,11H2,1-2H3. The molecule has 86 valence electrons. The van der Waals surface area contributed by atoms with E-state index in [1.54, 1.807) is 17.7 Å². The van der Waals surface area contributed by atoms with Gasteiger partial charge >= 0.3 is 0 Å². The number of nitrogens with zero attached hydrogens (tertiary/aromatic N) is 3. The second kappa shape index (κ2) is 4.73. The molecule has 5 nitrogen and oxygen atoms in total. The summed E-state index contributed by atoms with van der Waals surface area (Å²) >= 11 is 1.66. The van der Waals surface area contributed by atoms with E-state index in [0.29, 0.717) is 0 Å². The van der Waals surface area contributed by atoms with E-state index in [1.807, 2.05) is 30.1 Å². The predicted molar refractivity (Wildman–Crippen MR) is 63.8 cm³/mol. The van der Waals surface area contributed by atoms with Crippen LogP contribution < -0.4 is 11.3 Å². The van der Waals surface area contributed by atoms with E-state index in [9.17, 15) is 0 Å².